The number of nitrogens with zero attached hydrogens (tertiary/aromatic N) is 1. The second-order valence-corrected chi connectivity index (χ2v) is 5.23. The Morgan fingerprint density at radius 2 is 2.38 bits per heavy atom. The lowest BCUT2D eigenvalue weighted by Gasteiger charge is -2.01. The van der Waals surface area contributed by atoms with Crippen LogP contribution in [0.2, 0.25) is 0 Å². The minimum Gasteiger partial charge on any atom is -0.350 e. The van der Waals surface area contributed by atoms with E-state index < -0.39 is 0 Å². The normalized spacial score (nSPS) is 10.3. The molecule has 2 heterocycles. The molecule has 0 fully saturated rings. The van der Waals surface area contributed by atoms with Crippen molar-refractivity contribution in [1.82, 2.24) is 10.3 Å². The number of thiophene rings is 1. The van der Waals surface area contributed by atoms with Crippen LogP contribution in [-0.4, -0.2) is 17.4 Å². The number of carbonyl (C=O) groups is 1. The van der Waals surface area contributed by atoms with E-state index in [0.29, 0.717) is 12.2 Å². The molecule has 0 saturated carbocycles. The van der Waals surface area contributed by atoms with Crippen molar-refractivity contribution in [3.63, 3.8) is 0 Å². The summed E-state index contributed by atoms with van der Waals surface area (Å²) in [6.45, 7) is 2.55. The Hall–Kier alpha value is -1.20. The van der Waals surface area contributed by atoms with Crippen LogP contribution in [0.15, 0.2) is 22.2 Å². The van der Waals surface area contributed by atoms with Crippen LogP contribution in [0.4, 0.5) is 0 Å². The Morgan fingerprint density at radius 3 is 3.00 bits per heavy atom. The van der Waals surface area contributed by atoms with Crippen LogP contribution in [-0.2, 0) is 6.42 Å². The Labute approximate surface area is 102 Å². The van der Waals surface area contributed by atoms with Crippen molar-refractivity contribution in [1.29, 1.82) is 0 Å². The molecule has 84 valence electrons. The molecule has 2 rings (SSSR count). The molecular weight excluding hydrogens is 240 g/mol. The molecule has 0 bridgehead atoms. The summed E-state index contributed by atoms with van der Waals surface area (Å²) in [4.78, 5) is 15.8. The van der Waals surface area contributed by atoms with Crippen LogP contribution in [0.5, 0.6) is 0 Å². The average molecular weight is 252 g/mol. The van der Waals surface area contributed by atoms with Crippen LogP contribution in [0.1, 0.15) is 21.1 Å². The maximum absolute atomic E-state index is 11.6. The van der Waals surface area contributed by atoms with Gasteiger partial charge < -0.3 is 5.32 Å². The lowest BCUT2D eigenvalue weighted by Crippen LogP contribution is -2.25. The lowest BCUT2D eigenvalue weighted by atomic mass is 10.2. The first kappa shape index (κ1) is 11.3. The fraction of sp³-hybridized carbons (Fsp3) is 0.273. The topological polar surface area (TPSA) is 42.0 Å². The van der Waals surface area contributed by atoms with Gasteiger partial charge in [-0.25, -0.2) is 4.98 Å². The van der Waals surface area contributed by atoms with Crippen molar-refractivity contribution in [2.24, 2.45) is 0 Å². The first-order chi connectivity index (χ1) is 7.75. The molecule has 0 aliphatic rings. The van der Waals surface area contributed by atoms with Crippen molar-refractivity contribution < 1.29 is 4.79 Å². The number of carbonyl (C=O) groups excluding carboxylic acids is 1. The quantitative estimate of drug-likeness (QED) is 0.908. The number of thiazole rings is 1. The highest BCUT2D eigenvalue weighted by Gasteiger charge is 2.07. The maximum atomic E-state index is 11.6. The number of nitrogens with one attached hydrogen (secondary N) is 1. The van der Waals surface area contributed by atoms with Gasteiger partial charge in [0.15, 0.2) is 0 Å². The van der Waals surface area contributed by atoms with Crippen LogP contribution >= 0.6 is 22.7 Å². The molecule has 16 heavy (non-hydrogen) atoms. The summed E-state index contributed by atoms with van der Waals surface area (Å²) in [5, 5.41) is 9.71. The molecule has 1 N–H and O–H groups in total. The molecule has 0 unspecified atom stereocenters. The molecule has 0 aliphatic heterocycles. The van der Waals surface area contributed by atoms with Gasteiger partial charge in [-0.05, 0) is 35.7 Å². The van der Waals surface area contributed by atoms with Crippen molar-refractivity contribution >= 4 is 28.6 Å². The van der Waals surface area contributed by atoms with E-state index in [4.69, 9.17) is 0 Å². The summed E-state index contributed by atoms with van der Waals surface area (Å²) in [6.07, 6.45) is 0.873. The molecule has 0 radical (unpaired) electrons. The van der Waals surface area contributed by atoms with Gasteiger partial charge in [0, 0.05) is 11.9 Å². The number of aromatic nitrogens is 1. The summed E-state index contributed by atoms with van der Waals surface area (Å²) in [7, 11) is 0. The van der Waals surface area contributed by atoms with Crippen LogP contribution in [0.3, 0.4) is 0 Å². The number of rotatable bonds is 4. The minimum atomic E-state index is -0.0837. The molecule has 5 heteroatoms. The Morgan fingerprint density at radius 1 is 1.50 bits per heavy atom. The summed E-state index contributed by atoms with van der Waals surface area (Å²) >= 11 is 3.17. The predicted octanol–water partition coefficient (Wildman–Crippen LogP) is 2.49. The van der Waals surface area contributed by atoms with Gasteiger partial charge in [0.2, 0.25) is 0 Å². The highest BCUT2D eigenvalue weighted by Crippen LogP contribution is 2.08. The van der Waals surface area contributed by atoms with Gasteiger partial charge >= 0.3 is 0 Å². The van der Waals surface area contributed by atoms with E-state index >= 15 is 0 Å². The molecule has 0 atom stereocenters. The zero-order valence-corrected chi connectivity index (χ0v) is 10.5. The highest BCUT2D eigenvalue weighted by atomic mass is 32.1. The Kier molecular flexibility index (Phi) is 3.69. The van der Waals surface area contributed by atoms with Gasteiger partial charge in [-0.1, -0.05) is 0 Å². The Balaban J connectivity index is 1.80. The predicted molar refractivity (Wildman–Crippen MR) is 67.2 cm³/mol. The lowest BCUT2D eigenvalue weighted by molar-refractivity contribution is 0.0949. The van der Waals surface area contributed by atoms with Gasteiger partial charge in [0.1, 0.15) is 5.69 Å². The first-order valence-corrected chi connectivity index (χ1v) is 6.79. The van der Waals surface area contributed by atoms with Gasteiger partial charge in [-0.15, -0.1) is 11.3 Å². The summed E-state index contributed by atoms with van der Waals surface area (Å²) in [5.41, 5.74) is 1.78. The van der Waals surface area contributed by atoms with E-state index in [2.05, 4.69) is 21.7 Å². The Bertz CT molecular complexity index is 462. The van der Waals surface area contributed by atoms with E-state index in [1.807, 2.05) is 12.3 Å². The van der Waals surface area contributed by atoms with Crippen LogP contribution in [0, 0.1) is 6.92 Å². The molecule has 1 amide bonds. The van der Waals surface area contributed by atoms with Gasteiger partial charge in [-0.2, -0.15) is 11.3 Å². The maximum Gasteiger partial charge on any atom is 0.270 e. The molecule has 2 aromatic rings. The summed E-state index contributed by atoms with van der Waals surface area (Å²) < 4.78 is 0. The second-order valence-electron chi connectivity index (χ2n) is 3.39. The van der Waals surface area contributed by atoms with E-state index in [1.165, 1.54) is 16.9 Å². The largest absolute Gasteiger partial charge is 0.350 e. The SMILES string of the molecule is Cc1nc(C(=O)NCCc2ccsc2)cs1. The number of aryl methyl sites for hydroxylation is 1. The minimum absolute atomic E-state index is 0.0837. The fourth-order valence-electron chi connectivity index (χ4n) is 1.31. The molecule has 0 aliphatic carbocycles. The smallest absolute Gasteiger partial charge is 0.270 e. The van der Waals surface area contributed by atoms with E-state index in [-0.39, 0.29) is 5.91 Å². The van der Waals surface area contributed by atoms with Crippen molar-refractivity contribution in [3.05, 3.63) is 38.5 Å². The van der Waals surface area contributed by atoms with E-state index in [1.54, 1.807) is 16.7 Å². The van der Waals surface area contributed by atoms with Gasteiger partial charge in [0.05, 0.1) is 5.01 Å². The third-order valence-corrected chi connectivity index (χ3v) is 3.64. The zero-order valence-electron chi connectivity index (χ0n) is 8.90. The van der Waals surface area contributed by atoms with Crippen molar-refractivity contribution in [2.75, 3.05) is 6.54 Å². The van der Waals surface area contributed by atoms with E-state index in [0.717, 1.165) is 11.4 Å². The standard InChI is InChI=1S/C11H12N2OS2/c1-8-13-10(7-16-8)11(14)12-4-2-9-3-5-15-6-9/h3,5-7H,2,4H2,1H3,(H,12,14). The number of hydrogen-bond donors (Lipinski definition) is 1. The zero-order chi connectivity index (χ0) is 11.4. The van der Waals surface area contributed by atoms with Crippen LogP contribution < -0.4 is 5.32 Å². The average Bonchev–Trinajstić information content (AvgIpc) is 2.89. The number of hydrogen-bond acceptors (Lipinski definition) is 4. The molecule has 0 saturated heterocycles. The van der Waals surface area contributed by atoms with Crippen molar-refractivity contribution in [3.8, 4) is 0 Å². The molecule has 2 aromatic heterocycles. The van der Waals surface area contributed by atoms with Crippen LogP contribution in [0.25, 0.3) is 0 Å². The molecular formula is C11H12N2OS2. The third kappa shape index (κ3) is 2.90. The number of amides is 1. The molecule has 0 aromatic carbocycles. The second kappa shape index (κ2) is 5.23. The fourth-order valence-corrected chi connectivity index (χ4v) is 2.61. The third-order valence-electron chi connectivity index (χ3n) is 2.13. The summed E-state index contributed by atoms with van der Waals surface area (Å²) in [6, 6.07) is 2.07. The van der Waals surface area contributed by atoms with Gasteiger partial charge in [0.25, 0.3) is 5.91 Å². The van der Waals surface area contributed by atoms with Gasteiger partial charge in [-0.3, -0.25) is 4.79 Å². The van der Waals surface area contributed by atoms with E-state index in [9.17, 15) is 4.79 Å². The van der Waals surface area contributed by atoms with Crippen molar-refractivity contribution in [2.45, 2.75) is 13.3 Å². The first-order valence-electron chi connectivity index (χ1n) is 4.97. The monoisotopic (exact) mass is 252 g/mol. The molecule has 3 nitrogen and oxygen atoms in total. The highest BCUT2D eigenvalue weighted by molar-refractivity contribution is 7.09. The summed E-state index contributed by atoms with van der Waals surface area (Å²) in [5.74, 6) is -0.0837. The molecule has 0 spiro atoms.